The standard InChI is InChI=1S/C29H34N4.C3H7NO.C3H8/c1-8-20-18(6)27-14-29-21(9-2)17(5)26(32-29)12-22-15(3)10-24(30-22)19(7)25-11-16(4)23(31-25)13-28(20)33-27;1-4(2)3-5;1-3-2/h11-15,32-33H,8-10H2,1-7H3;3H,1-2H3;3H2,1-2H3. The van der Waals surface area contributed by atoms with Gasteiger partial charge in [0.1, 0.15) is 0 Å². The van der Waals surface area contributed by atoms with Crippen LogP contribution >= 0.6 is 0 Å². The molecule has 0 saturated carbocycles. The molecule has 3 aromatic rings. The van der Waals surface area contributed by atoms with Crippen LogP contribution in [0.3, 0.4) is 0 Å². The first-order chi connectivity index (χ1) is 19.5. The number of carbonyl (C=O) groups is 1. The van der Waals surface area contributed by atoms with Crippen molar-refractivity contribution in [3.8, 4) is 0 Å². The Morgan fingerprint density at radius 3 is 1.85 bits per heavy atom. The number of carbonyl (C=O) groups excluding carboxylic acids is 1. The summed E-state index contributed by atoms with van der Waals surface area (Å²) in [6.07, 6.45) is 7.14. The number of hydrogen-bond donors (Lipinski definition) is 2. The van der Waals surface area contributed by atoms with Gasteiger partial charge in [-0.2, -0.15) is 0 Å². The van der Waals surface area contributed by atoms with Gasteiger partial charge in [-0.1, -0.05) is 41.0 Å². The number of amides is 1. The van der Waals surface area contributed by atoms with Gasteiger partial charge in [0.05, 0.1) is 11.4 Å². The minimum atomic E-state index is 0.396. The quantitative estimate of drug-likeness (QED) is 0.319. The molecule has 0 saturated heterocycles. The molecule has 2 aliphatic heterocycles. The molecule has 41 heavy (non-hydrogen) atoms. The van der Waals surface area contributed by atoms with Crippen molar-refractivity contribution >= 4 is 40.1 Å². The number of nitrogens with one attached hydrogen (secondary N) is 2. The number of fused-ring (bicyclic) bond motifs is 8. The van der Waals surface area contributed by atoms with E-state index in [2.05, 4.69) is 96.6 Å². The maximum atomic E-state index is 9.43. The molecule has 0 spiro atoms. The summed E-state index contributed by atoms with van der Waals surface area (Å²) in [7, 11) is 3.38. The van der Waals surface area contributed by atoms with Crippen molar-refractivity contribution in [2.75, 3.05) is 14.1 Å². The van der Waals surface area contributed by atoms with Gasteiger partial charge in [-0.05, 0) is 105 Å². The Bertz CT molecular complexity index is 1590. The second-order valence-electron chi connectivity index (χ2n) is 11.5. The lowest BCUT2D eigenvalue weighted by atomic mass is 10.0. The number of H-pyrrole nitrogens is 2. The average molecular weight is 556 g/mol. The first kappa shape index (κ1) is 31.9. The lowest BCUT2D eigenvalue weighted by Gasteiger charge is -2.00. The number of aromatic amines is 2. The SMILES string of the molecule is CCC.CCc1c(C)c2cc3[nH]c(cc4nc(c(C)c5nc(cc1[nH]2)C(C)=C5)CC4C)c(C)c3CC.CN(C)C=O. The zero-order valence-corrected chi connectivity index (χ0v) is 27.0. The molecule has 6 heteroatoms. The number of nitrogens with zero attached hydrogens (tertiary/aromatic N) is 3. The van der Waals surface area contributed by atoms with E-state index in [1.165, 1.54) is 61.3 Å². The monoisotopic (exact) mass is 555 g/mol. The van der Waals surface area contributed by atoms with E-state index in [1.54, 1.807) is 14.1 Å². The minimum absolute atomic E-state index is 0.396. The fourth-order valence-electron chi connectivity index (χ4n) is 5.37. The van der Waals surface area contributed by atoms with E-state index >= 15 is 0 Å². The second kappa shape index (κ2) is 13.8. The fraction of sp³-hybridized carbons (Fsp3) is 0.457. The summed E-state index contributed by atoms with van der Waals surface area (Å²) in [4.78, 5) is 28.4. The van der Waals surface area contributed by atoms with Crippen LogP contribution in [0.1, 0.15) is 104 Å². The number of aromatic nitrogens is 4. The van der Waals surface area contributed by atoms with E-state index in [0.717, 1.165) is 54.0 Å². The van der Waals surface area contributed by atoms with Gasteiger partial charge in [-0.3, -0.25) is 9.78 Å². The molecule has 5 heterocycles. The predicted molar refractivity (Wildman–Crippen MR) is 175 cm³/mol. The topological polar surface area (TPSA) is 77.7 Å². The van der Waals surface area contributed by atoms with Gasteiger partial charge in [-0.25, -0.2) is 4.98 Å². The normalized spacial score (nSPS) is 13.9. The fourth-order valence-corrected chi connectivity index (χ4v) is 5.37. The third kappa shape index (κ3) is 6.98. The zero-order chi connectivity index (χ0) is 30.4. The largest absolute Gasteiger partial charge is 0.355 e. The van der Waals surface area contributed by atoms with Crippen molar-refractivity contribution < 1.29 is 4.79 Å². The van der Waals surface area contributed by atoms with Crippen LogP contribution in [0.25, 0.3) is 33.7 Å². The van der Waals surface area contributed by atoms with Crippen LogP contribution in [0.4, 0.5) is 0 Å². The van der Waals surface area contributed by atoms with Gasteiger partial charge in [-0.15, -0.1) is 0 Å². The Kier molecular flexibility index (Phi) is 10.7. The van der Waals surface area contributed by atoms with E-state index in [4.69, 9.17) is 9.97 Å². The van der Waals surface area contributed by atoms with E-state index in [9.17, 15) is 4.79 Å². The Morgan fingerprint density at radius 2 is 1.34 bits per heavy atom. The molecule has 1 amide bonds. The maximum absolute atomic E-state index is 9.43. The highest BCUT2D eigenvalue weighted by Crippen LogP contribution is 2.31. The van der Waals surface area contributed by atoms with Crippen molar-refractivity contribution in [3.05, 3.63) is 68.8 Å². The summed E-state index contributed by atoms with van der Waals surface area (Å²) >= 11 is 0. The van der Waals surface area contributed by atoms with Crippen LogP contribution in [0.2, 0.25) is 0 Å². The van der Waals surface area contributed by atoms with Crippen molar-refractivity contribution in [1.82, 2.24) is 24.8 Å². The number of rotatable bonds is 3. The van der Waals surface area contributed by atoms with Crippen molar-refractivity contribution in [3.63, 3.8) is 0 Å². The molecule has 220 valence electrons. The van der Waals surface area contributed by atoms with E-state index in [1.807, 2.05) is 0 Å². The third-order valence-corrected chi connectivity index (χ3v) is 7.77. The molecule has 0 radical (unpaired) electrons. The minimum Gasteiger partial charge on any atom is -0.355 e. The number of hydrogen-bond acceptors (Lipinski definition) is 3. The molecular weight excluding hydrogens is 506 g/mol. The Balaban J connectivity index is 0.000000515. The van der Waals surface area contributed by atoms with Crippen molar-refractivity contribution in [2.24, 2.45) is 0 Å². The Hall–Kier alpha value is -3.67. The molecule has 6 nitrogen and oxygen atoms in total. The van der Waals surface area contributed by atoms with Gasteiger partial charge in [0.2, 0.25) is 6.41 Å². The van der Waals surface area contributed by atoms with Gasteiger partial charge in [0.25, 0.3) is 0 Å². The van der Waals surface area contributed by atoms with E-state index in [0.29, 0.717) is 5.92 Å². The molecule has 8 bridgehead atoms. The van der Waals surface area contributed by atoms with Crippen LogP contribution in [0, 0.1) is 20.8 Å². The highest BCUT2D eigenvalue weighted by molar-refractivity contribution is 5.85. The van der Waals surface area contributed by atoms with Gasteiger partial charge >= 0.3 is 0 Å². The summed E-state index contributed by atoms with van der Waals surface area (Å²) < 4.78 is 0. The van der Waals surface area contributed by atoms with Crippen molar-refractivity contribution in [1.29, 1.82) is 0 Å². The lowest BCUT2D eigenvalue weighted by molar-refractivity contribution is -0.115. The lowest BCUT2D eigenvalue weighted by Crippen LogP contribution is -2.06. The predicted octanol–water partition coefficient (Wildman–Crippen LogP) is 8.39. The van der Waals surface area contributed by atoms with Crippen LogP contribution in [0.5, 0.6) is 0 Å². The second-order valence-corrected chi connectivity index (χ2v) is 11.5. The van der Waals surface area contributed by atoms with Crippen LogP contribution in [-0.2, 0) is 24.1 Å². The van der Waals surface area contributed by atoms with Gasteiger partial charge in [0.15, 0.2) is 0 Å². The molecule has 1 atom stereocenters. The van der Waals surface area contributed by atoms with Crippen LogP contribution in [-0.4, -0.2) is 45.3 Å². The summed E-state index contributed by atoms with van der Waals surface area (Å²) in [5, 5.41) is 0. The molecule has 2 N–H and O–H groups in total. The molecule has 5 rings (SSSR count). The van der Waals surface area contributed by atoms with E-state index in [-0.39, 0.29) is 0 Å². The first-order valence-electron chi connectivity index (χ1n) is 15.0. The Morgan fingerprint density at radius 1 is 0.829 bits per heavy atom. The Labute approximate surface area is 246 Å². The van der Waals surface area contributed by atoms with E-state index < -0.39 is 0 Å². The highest BCUT2D eigenvalue weighted by atomic mass is 16.1. The van der Waals surface area contributed by atoms with Crippen LogP contribution < -0.4 is 0 Å². The number of allylic oxidation sites excluding steroid dienone is 1. The summed E-state index contributed by atoms with van der Waals surface area (Å²) in [6, 6.07) is 6.76. The number of aryl methyl sites for hydroxylation is 4. The van der Waals surface area contributed by atoms with Crippen molar-refractivity contribution in [2.45, 2.75) is 93.9 Å². The van der Waals surface area contributed by atoms with Gasteiger partial charge < -0.3 is 14.9 Å². The van der Waals surface area contributed by atoms with Gasteiger partial charge in [0, 0.05) is 53.5 Å². The first-order valence-corrected chi connectivity index (χ1v) is 15.0. The summed E-state index contributed by atoms with van der Waals surface area (Å²) in [5.41, 5.74) is 16.8. The highest BCUT2D eigenvalue weighted by Gasteiger charge is 2.20. The summed E-state index contributed by atoms with van der Waals surface area (Å²) in [6.45, 7) is 19.8. The smallest absolute Gasteiger partial charge is 0.209 e. The molecule has 0 aliphatic carbocycles. The molecular formula is C35H49N5O. The van der Waals surface area contributed by atoms with Crippen LogP contribution in [0.15, 0.2) is 18.2 Å². The molecule has 0 aromatic carbocycles. The molecule has 0 fully saturated rings. The third-order valence-electron chi connectivity index (χ3n) is 7.77. The molecule has 3 aromatic heterocycles. The zero-order valence-electron chi connectivity index (χ0n) is 27.0. The summed E-state index contributed by atoms with van der Waals surface area (Å²) in [5.74, 6) is 0.396. The molecule has 2 aliphatic rings. The maximum Gasteiger partial charge on any atom is 0.209 e. The molecule has 1 unspecified atom stereocenters. The average Bonchev–Trinajstić information content (AvgIpc) is 3.65.